The van der Waals surface area contributed by atoms with E-state index in [0.717, 1.165) is 30.5 Å². The van der Waals surface area contributed by atoms with Crippen molar-refractivity contribution in [1.82, 2.24) is 15.0 Å². The molecular formula is C14H17N3O2. The standard InChI is InChI=1S/C14H17N3O2/c1-2-5-17-8-11(7-12(17)3-1)14-15-13(16-19-14)10-4-6-18-9-10/h4,6,9,11-12H,1-3,5,7-8H2. The maximum atomic E-state index is 5.45. The Balaban J connectivity index is 1.54. The summed E-state index contributed by atoms with van der Waals surface area (Å²) in [7, 11) is 0. The number of furan rings is 1. The molecule has 0 spiro atoms. The molecule has 2 atom stereocenters. The molecule has 5 heteroatoms. The maximum Gasteiger partial charge on any atom is 0.231 e. The molecule has 0 radical (unpaired) electrons. The minimum atomic E-state index is 0.399. The van der Waals surface area contributed by atoms with Crippen LogP contribution in [0.25, 0.3) is 11.4 Å². The summed E-state index contributed by atoms with van der Waals surface area (Å²) in [4.78, 5) is 7.11. The van der Waals surface area contributed by atoms with Crippen molar-refractivity contribution < 1.29 is 8.94 Å². The second kappa shape index (κ2) is 4.49. The van der Waals surface area contributed by atoms with Crippen molar-refractivity contribution in [1.29, 1.82) is 0 Å². The summed E-state index contributed by atoms with van der Waals surface area (Å²) >= 11 is 0. The van der Waals surface area contributed by atoms with Gasteiger partial charge in [0.1, 0.15) is 6.26 Å². The third-order valence-electron chi connectivity index (χ3n) is 4.33. The van der Waals surface area contributed by atoms with Crippen LogP contribution in [0.5, 0.6) is 0 Å². The molecule has 4 heterocycles. The van der Waals surface area contributed by atoms with Crippen molar-refractivity contribution in [3.05, 3.63) is 24.5 Å². The highest BCUT2D eigenvalue weighted by Gasteiger charge is 2.36. The van der Waals surface area contributed by atoms with Crippen molar-refractivity contribution in [2.24, 2.45) is 0 Å². The average molecular weight is 259 g/mol. The van der Waals surface area contributed by atoms with Crippen LogP contribution >= 0.6 is 0 Å². The molecule has 2 aliphatic heterocycles. The van der Waals surface area contributed by atoms with Crippen molar-refractivity contribution in [3.8, 4) is 11.4 Å². The van der Waals surface area contributed by atoms with Crippen LogP contribution in [0.15, 0.2) is 27.5 Å². The Morgan fingerprint density at radius 3 is 3.16 bits per heavy atom. The van der Waals surface area contributed by atoms with Crippen LogP contribution in [0.3, 0.4) is 0 Å². The Labute approximate surface area is 111 Å². The summed E-state index contributed by atoms with van der Waals surface area (Å²) in [5.74, 6) is 1.82. The molecule has 0 N–H and O–H groups in total. The molecule has 2 unspecified atom stereocenters. The molecule has 0 aliphatic carbocycles. The number of rotatable bonds is 2. The van der Waals surface area contributed by atoms with E-state index in [-0.39, 0.29) is 0 Å². The third kappa shape index (κ3) is 1.98. The number of aromatic nitrogens is 2. The molecular weight excluding hydrogens is 242 g/mol. The number of piperidine rings is 1. The number of fused-ring (bicyclic) bond motifs is 1. The van der Waals surface area contributed by atoms with Crippen molar-refractivity contribution >= 4 is 0 Å². The summed E-state index contributed by atoms with van der Waals surface area (Å²) in [5.41, 5.74) is 0.880. The number of hydrogen-bond donors (Lipinski definition) is 0. The van der Waals surface area contributed by atoms with E-state index in [9.17, 15) is 0 Å². The Bertz CT molecular complexity index is 535. The van der Waals surface area contributed by atoms with E-state index in [1.54, 1.807) is 12.5 Å². The fourth-order valence-corrected chi connectivity index (χ4v) is 3.34. The zero-order chi connectivity index (χ0) is 12.7. The Hall–Kier alpha value is -1.62. The fourth-order valence-electron chi connectivity index (χ4n) is 3.34. The van der Waals surface area contributed by atoms with Gasteiger partial charge < -0.3 is 8.94 Å². The Morgan fingerprint density at radius 1 is 1.32 bits per heavy atom. The summed E-state index contributed by atoms with van der Waals surface area (Å²) in [6.07, 6.45) is 8.44. The van der Waals surface area contributed by atoms with Crippen LogP contribution in [-0.2, 0) is 0 Å². The predicted molar refractivity (Wildman–Crippen MR) is 68.6 cm³/mol. The monoisotopic (exact) mass is 259 g/mol. The number of nitrogens with zero attached hydrogens (tertiary/aromatic N) is 3. The second-order valence-corrected chi connectivity index (χ2v) is 5.55. The molecule has 2 aliphatic rings. The summed E-state index contributed by atoms with van der Waals surface area (Å²) < 4.78 is 10.5. The van der Waals surface area contributed by atoms with Gasteiger partial charge in [-0.15, -0.1) is 0 Å². The van der Waals surface area contributed by atoms with E-state index in [2.05, 4.69) is 15.0 Å². The molecule has 2 aromatic rings. The highest BCUT2D eigenvalue weighted by atomic mass is 16.5. The molecule has 2 saturated heterocycles. The molecule has 2 fully saturated rings. The van der Waals surface area contributed by atoms with Gasteiger partial charge in [0.05, 0.1) is 17.7 Å². The number of hydrogen-bond acceptors (Lipinski definition) is 5. The van der Waals surface area contributed by atoms with Gasteiger partial charge in [0.2, 0.25) is 11.7 Å². The lowest BCUT2D eigenvalue weighted by Crippen LogP contribution is -2.33. The van der Waals surface area contributed by atoms with E-state index >= 15 is 0 Å². The first-order valence-electron chi connectivity index (χ1n) is 7.00. The normalized spacial score (nSPS) is 27.6. The Kier molecular flexibility index (Phi) is 2.65. The average Bonchev–Trinajstić information content (AvgIpc) is 3.17. The molecule has 0 bridgehead atoms. The molecule has 19 heavy (non-hydrogen) atoms. The summed E-state index contributed by atoms with van der Waals surface area (Å²) in [5, 5.41) is 4.06. The lowest BCUT2D eigenvalue weighted by Gasteiger charge is -2.28. The van der Waals surface area contributed by atoms with Crippen LogP contribution in [-0.4, -0.2) is 34.2 Å². The molecule has 0 amide bonds. The maximum absolute atomic E-state index is 5.45. The quantitative estimate of drug-likeness (QED) is 0.830. The van der Waals surface area contributed by atoms with Gasteiger partial charge in [-0.3, -0.25) is 4.90 Å². The van der Waals surface area contributed by atoms with Gasteiger partial charge in [-0.2, -0.15) is 4.98 Å². The molecule has 5 nitrogen and oxygen atoms in total. The van der Waals surface area contributed by atoms with Gasteiger partial charge in [-0.05, 0) is 31.9 Å². The topological polar surface area (TPSA) is 55.3 Å². The van der Waals surface area contributed by atoms with Crippen LogP contribution in [0.2, 0.25) is 0 Å². The summed E-state index contributed by atoms with van der Waals surface area (Å²) in [6, 6.07) is 2.58. The van der Waals surface area contributed by atoms with E-state index in [0.29, 0.717) is 11.7 Å². The zero-order valence-corrected chi connectivity index (χ0v) is 10.8. The van der Waals surface area contributed by atoms with Gasteiger partial charge in [-0.1, -0.05) is 11.6 Å². The first-order valence-corrected chi connectivity index (χ1v) is 7.00. The fraction of sp³-hybridized carbons (Fsp3) is 0.571. The van der Waals surface area contributed by atoms with E-state index in [4.69, 9.17) is 8.94 Å². The minimum Gasteiger partial charge on any atom is -0.472 e. The van der Waals surface area contributed by atoms with Crippen molar-refractivity contribution in [2.45, 2.75) is 37.6 Å². The largest absolute Gasteiger partial charge is 0.472 e. The van der Waals surface area contributed by atoms with Gasteiger partial charge >= 0.3 is 0 Å². The minimum absolute atomic E-state index is 0.399. The summed E-state index contributed by atoms with van der Waals surface area (Å²) in [6.45, 7) is 2.29. The van der Waals surface area contributed by atoms with Crippen molar-refractivity contribution in [2.75, 3.05) is 13.1 Å². The predicted octanol–water partition coefficient (Wildman–Crippen LogP) is 2.67. The third-order valence-corrected chi connectivity index (χ3v) is 4.33. The lowest BCUT2D eigenvalue weighted by atomic mass is 10.00. The van der Waals surface area contributed by atoms with Crippen LogP contribution in [0.4, 0.5) is 0 Å². The van der Waals surface area contributed by atoms with Gasteiger partial charge in [-0.25, -0.2) is 0 Å². The second-order valence-electron chi connectivity index (χ2n) is 5.55. The van der Waals surface area contributed by atoms with E-state index < -0.39 is 0 Å². The zero-order valence-electron chi connectivity index (χ0n) is 10.8. The first-order chi connectivity index (χ1) is 9.40. The SMILES string of the molecule is c1cc(-c2noc(C3CC4CCCCN4C3)n2)co1. The lowest BCUT2D eigenvalue weighted by molar-refractivity contribution is 0.197. The Morgan fingerprint density at radius 2 is 2.32 bits per heavy atom. The van der Waals surface area contributed by atoms with Gasteiger partial charge in [0.15, 0.2) is 0 Å². The molecule has 0 aromatic carbocycles. The highest BCUT2D eigenvalue weighted by molar-refractivity contribution is 5.51. The van der Waals surface area contributed by atoms with Crippen molar-refractivity contribution in [3.63, 3.8) is 0 Å². The van der Waals surface area contributed by atoms with Gasteiger partial charge in [0.25, 0.3) is 0 Å². The van der Waals surface area contributed by atoms with Crippen LogP contribution < -0.4 is 0 Å². The smallest absolute Gasteiger partial charge is 0.231 e. The molecule has 100 valence electrons. The van der Waals surface area contributed by atoms with E-state index in [1.165, 1.54) is 25.8 Å². The van der Waals surface area contributed by atoms with Gasteiger partial charge in [0, 0.05) is 12.6 Å². The highest BCUT2D eigenvalue weighted by Crippen LogP contribution is 2.36. The first kappa shape index (κ1) is 11.2. The van der Waals surface area contributed by atoms with Crippen LogP contribution in [0.1, 0.15) is 37.5 Å². The molecule has 2 aromatic heterocycles. The molecule has 4 rings (SSSR count). The molecule has 0 saturated carbocycles. The van der Waals surface area contributed by atoms with Crippen LogP contribution in [0, 0.1) is 0 Å². The van der Waals surface area contributed by atoms with E-state index in [1.807, 2.05) is 6.07 Å².